The largest absolute Gasteiger partial charge is 0.318 e. The van der Waals surface area contributed by atoms with E-state index in [1.54, 1.807) is 6.21 Å². The van der Waals surface area contributed by atoms with Gasteiger partial charge in [0, 0.05) is 32.7 Å². The van der Waals surface area contributed by atoms with Crippen LogP contribution in [0.4, 0.5) is 4.39 Å². The van der Waals surface area contributed by atoms with Gasteiger partial charge < -0.3 is 4.57 Å². The van der Waals surface area contributed by atoms with E-state index in [4.69, 9.17) is 0 Å². The number of nitrogens with one attached hydrogen (secondary N) is 1. The van der Waals surface area contributed by atoms with Crippen molar-refractivity contribution in [2.75, 3.05) is 0 Å². The van der Waals surface area contributed by atoms with E-state index >= 15 is 0 Å². The van der Waals surface area contributed by atoms with Crippen LogP contribution in [0.1, 0.15) is 27.3 Å². The predicted molar refractivity (Wildman–Crippen MR) is 104 cm³/mol. The summed E-state index contributed by atoms with van der Waals surface area (Å²) in [6.45, 7) is 4.02. The standard InChI is InChI=1S/C20H17BrFN3O/c1-13-11-16(14(2)25(13)19-9-5-17(21)6-10-19)12-23-24-20(26)15-3-7-18(22)8-4-15/h3-12H,1-2H3,(H,24,26)/b23-12-. The lowest BCUT2D eigenvalue weighted by Gasteiger charge is -2.09. The predicted octanol–water partition coefficient (Wildman–Crippen LogP) is 4.76. The average molecular weight is 414 g/mol. The molecule has 6 heteroatoms. The highest BCUT2D eigenvalue weighted by Crippen LogP contribution is 2.21. The number of nitrogens with zero attached hydrogens (tertiary/aromatic N) is 2. The molecule has 132 valence electrons. The zero-order chi connectivity index (χ0) is 18.7. The molecule has 0 saturated carbocycles. The number of hydrazone groups is 1. The Morgan fingerprint density at radius 2 is 1.77 bits per heavy atom. The van der Waals surface area contributed by atoms with E-state index in [0.717, 1.165) is 27.1 Å². The molecule has 0 aliphatic heterocycles. The Bertz CT molecular complexity index is 960. The molecule has 0 unspecified atom stereocenters. The van der Waals surface area contributed by atoms with Crippen LogP contribution in [0.5, 0.6) is 0 Å². The zero-order valence-corrected chi connectivity index (χ0v) is 15.9. The Labute approximate surface area is 159 Å². The summed E-state index contributed by atoms with van der Waals surface area (Å²) in [5, 5.41) is 4.02. The Hall–Kier alpha value is -2.73. The summed E-state index contributed by atoms with van der Waals surface area (Å²) in [6, 6.07) is 15.4. The molecule has 2 aromatic carbocycles. The number of carbonyl (C=O) groups excluding carboxylic acids is 1. The smallest absolute Gasteiger partial charge is 0.271 e. The molecule has 0 spiro atoms. The van der Waals surface area contributed by atoms with Crippen molar-refractivity contribution in [2.24, 2.45) is 5.10 Å². The maximum absolute atomic E-state index is 12.9. The fourth-order valence-electron chi connectivity index (χ4n) is 2.73. The Kier molecular flexibility index (Phi) is 5.32. The van der Waals surface area contributed by atoms with Crippen LogP contribution < -0.4 is 5.43 Å². The molecule has 1 N–H and O–H groups in total. The number of rotatable bonds is 4. The topological polar surface area (TPSA) is 46.4 Å². The molecule has 26 heavy (non-hydrogen) atoms. The van der Waals surface area contributed by atoms with Gasteiger partial charge in [-0.2, -0.15) is 5.10 Å². The van der Waals surface area contributed by atoms with Crippen LogP contribution in [0.25, 0.3) is 5.69 Å². The first-order valence-electron chi connectivity index (χ1n) is 7.99. The first-order chi connectivity index (χ1) is 12.5. The fourth-order valence-corrected chi connectivity index (χ4v) is 3.00. The van der Waals surface area contributed by atoms with E-state index in [1.165, 1.54) is 24.3 Å². The van der Waals surface area contributed by atoms with Crippen molar-refractivity contribution in [2.45, 2.75) is 13.8 Å². The van der Waals surface area contributed by atoms with Crippen molar-refractivity contribution in [1.82, 2.24) is 9.99 Å². The Morgan fingerprint density at radius 3 is 2.42 bits per heavy atom. The maximum Gasteiger partial charge on any atom is 0.271 e. The van der Waals surface area contributed by atoms with Crippen molar-refractivity contribution in [3.8, 4) is 5.69 Å². The lowest BCUT2D eigenvalue weighted by Crippen LogP contribution is -2.17. The van der Waals surface area contributed by atoms with Crippen LogP contribution in [0.15, 0.2) is 64.2 Å². The number of aromatic nitrogens is 1. The monoisotopic (exact) mass is 413 g/mol. The van der Waals surface area contributed by atoms with E-state index in [1.807, 2.05) is 44.2 Å². The van der Waals surface area contributed by atoms with Gasteiger partial charge in [-0.1, -0.05) is 15.9 Å². The van der Waals surface area contributed by atoms with Gasteiger partial charge in [-0.3, -0.25) is 4.79 Å². The lowest BCUT2D eigenvalue weighted by atomic mass is 10.2. The highest BCUT2D eigenvalue weighted by atomic mass is 79.9. The minimum atomic E-state index is -0.386. The summed E-state index contributed by atoms with van der Waals surface area (Å²) in [7, 11) is 0. The van der Waals surface area contributed by atoms with E-state index in [9.17, 15) is 9.18 Å². The molecule has 3 rings (SSSR count). The number of carbonyl (C=O) groups is 1. The van der Waals surface area contributed by atoms with Gasteiger partial charge in [0.25, 0.3) is 5.91 Å². The van der Waals surface area contributed by atoms with Crippen LogP contribution in [0.2, 0.25) is 0 Å². The molecule has 1 amide bonds. The summed E-state index contributed by atoms with van der Waals surface area (Å²) >= 11 is 3.44. The second-order valence-corrected chi connectivity index (χ2v) is 6.76. The third kappa shape index (κ3) is 3.91. The molecule has 0 aliphatic carbocycles. The third-order valence-corrected chi connectivity index (χ3v) is 4.56. The van der Waals surface area contributed by atoms with Crippen molar-refractivity contribution in [3.05, 3.63) is 87.4 Å². The molecule has 0 radical (unpaired) electrons. The molecule has 1 aromatic heterocycles. The molecule has 0 saturated heterocycles. The van der Waals surface area contributed by atoms with Gasteiger partial charge in [0.15, 0.2) is 0 Å². The molecule has 0 fully saturated rings. The first-order valence-corrected chi connectivity index (χ1v) is 8.79. The molecular formula is C20H17BrFN3O. The highest BCUT2D eigenvalue weighted by molar-refractivity contribution is 9.10. The van der Waals surface area contributed by atoms with Crippen LogP contribution in [-0.2, 0) is 0 Å². The molecule has 0 aliphatic rings. The summed E-state index contributed by atoms with van der Waals surface area (Å²) in [6.07, 6.45) is 1.61. The van der Waals surface area contributed by atoms with Crippen molar-refractivity contribution < 1.29 is 9.18 Å². The minimum absolute atomic E-state index is 0.351. The Balaban J connectivity index is 1.77. The van der Waals surface area contributed by atoms with E-state index < -0.39 is 0 Å². The minimum Gasteiger partial charge on any atom is -0.318 e. The molecule has 3 aromatic rings. The normalized spacial score (nSPS) is 11.1. The lowest BCUT2D eigenvalue weighted by molar-refractivity contribution is 0.0955. The summed E-state index contributed by atoms with van der Waals surface area (Å²) < 4.78 is 16.0. The molecule has 0 atom stereocenters. The van der Waals surface area contributed by atoms with Crippen molar-refractivity contribution >= 4 is 28.1 Å². The van der Waals surface area contributed by atoms with E-state index in [2.05, 4.69) is 31.0 Å². The van der Waals surface area contributed by atoms with Crippen LogP contribution >= 0.6 is 15.9 Å². The van der Waals surface area contributed by atoms with Gasteiger partial charge >= 0.3 is 0 Å². The van der Waals surface area contributed by atoms with Gasteiger partial charge in [-0.15, -0.1) is 0 Å². The SMILES string of the molecule is Cc1cc(/C=N\NC(=O)c2ccc(F)cc2)c(C)n1-c1ccc(Br)cc1. The number of benzene rings is 2. The summed E-state index contributed by atoms with van der Waals surface area (Å²) in [4.78, 5) is 12.0. The average Bonchev–Trinajstić information content (AvgIpc) is 2.90. The quantitative estimate of drug-likeness (QED) is 0.486. The molecule has 4 nitrogen and oxygen atoms in total. The third-order valence-electron chi connectivity index (χ3n) is 4.03. The van der Waals surface area contributed by atoms with Gasteiger partial charge in [0.2, 0.25) is 0 Å². The maximum atomic E-state index is 12.9. The van der Waals surface area contributed by atoms with Gasteiger partial charge in [0.05, 0.1) is 6.21 Å². The van der Waals surface area contributed by atoms with Gasteiger partial charge in [-0.05, 0) is 68.4 Å². The van der Waals surface area contributed by atoms with E-state index in [-0.39, 0.29) is 11.7 Å². The number of hydrogen-bond donors (Lipinski definition) is 1. The number of hydrogen-bond acceptors (Lipinski definition) is 2. The number of halogens is 2. The summed E-state index contributed by atoms with van der Waals surface area (Å²) in [5.74, 6) is -0.770. The molecule has 0 bridgehead atoms. The van der Waals surface area contributed by atoms with Crippen LogP contribution in [0.3, 0.4) is 0 Å². The van der Waals surface area contributed by atoms with Crippen molar-refractivity contribution in [3.63, 3.8) is 0 Å². The Morgan fingerprint density at radius 1 is 1.12 bits per heavy atom. The van der Waals surface area contributed by atoms with Gasteiger partial charge in [0.1, 0.15) is 5.82 Å². The highest BCUT2D eigenvalue weighted by Gasteiger charge is 2.10. The number of amides is 1. The number of aryl methyl sites for hydroxylation is 1. The zero-order valence-electron chi connectivity index (χ0n) is 14.3. The fraction of sp³-hybridized carbons (Fsp3) is 0.100. The molecule has 1 heterocycles. The van der Waals surface area contributed by atoms with Crippen molar-refractivity contribution in [1.29, 1.82) is 0 Å². The summed E-state index contributed by atoms with van der Waals surface area (Å²) in [5.41, 5.74) is 6.86. The second kappa shape index (κ2) is 7.66. The van der Waals surface area contributed by atoms with Crippen LogP contribution in [-0.4, -0.2) is 16.7 Å². The van der Waals surface area contributed by atoms with Crippen LogP contribution in [0, 0.1) is 19.7 Å². The van der Waals surface area contributed by atoms with E-state index in [0.29, 0.717) is 5.56 Å². The first kappa shape index (κ1) is 18.1. The second-order valence-electron chi connectivity index (χ2n) is 5.84. The molecular weight excluding hydrogens is 397 g/mol. The van der Waals surface area contributed by atoms with Gasteiger partial charge in [-0.25, -0.2) is 9.82 Å².